The summed E-state index contributed by atoms with van der Waals surface area (Å²) in [6.45, 7) is 6.69. The van der Waals surface area contributed by atoms with Gasteiger partial charge >= 0.3 is 0 Å². The first-order chi connectivity index (χ1) is 14.6. The predicted molar refractivity (Wildman–Crippen MR) is 120 cm³/mol. The van der Waals surface area contributed by atoms with Crippen molar-refractivity contribution in [3.8, 4) is 0 Å². The van der Waals surface area contributed by atoms with Crippen molar-refractivity contribution in [1.29, 1.82) is 0 Å². The average Bonchev–Trinajstić information content (AvgIpc) is 3.28. The first-order valence-corrected chi connectivity index (χ1v) is 11.2. The molecule has 0 spiro atoms. The van der Waals surface area contributed by atoms with Crippen molar-refractivity contribution in [2.24, 2.45) is 10.9 Å². The maximum Gasteiger partial charge on any atom is 0.241 e. The number of carbonyl (C=O) groups excluding carboxylic acids is 1. The SMILES string of the molecule is CN(C)C(=O)CNC(=NCc1ccc(CN2CCCCC2)cc1)NCC1CCOC1. The van der Waals surface area contributed by atoms with Crippen LogP contribution in [0.15, 0.2) is 29.3 Å². The third-order valence-electron chi connectivity index (χ3n) is 5.79. The number of nitrogens with zero attached hydrogens (tertiary/aromatic N) is 3. The second kappa shape index (κ2) is 11.9. The summed E-state index contributed by atoms with van der Waals surface area (Å²) in [7, 11) is 3.52. The van der Waals surface area contributed by atoms with Gasteiger partial charge in [0.15, 0.2) is 5.96 Å². The van der Waals surface area contributed by atoms with E-state index in [0.717, 1.165) is 32.7 Å². The van der Waals surface area contributed by atoms with E-state index in [-0.39, 0.29) is 12.5 Å². The Balaban J connectivity index is 1.53. The monoisotopic (exact) mass is 415 g/mol. The van der Waals surface area contributed by atoms with Crippen LogP contribution in [0.25, 0.3) is 0 Å². The molecule has 7 nitrogen and oxygen atoms in total. The fourth-order valence-corrected chi connectivity index (χ4v) is 3.77. The summed E-state index contributed by atoms with van der Waals surface area (Å²) in [6, 6.07) is 8.75. The van der Waals surface area contributed by atoms with Gasteiger partial charge in [0.2, 0.25) is 5.91 Å². The summed E-state index contributed by atoms with van der Waals surface area (Å²) in [4.78, 5) is 20.8. The number of hydrogen-bond acceptors (Lipinski definition) is 4. The number of guanidine groups is 1. The van der Waals surface area contributed by atoms with Gasteiger partial charge in [0.1, 0.15) is 0 Å². The zero-order chi connectivity index (χ0) is 21.2. The van der Waals surface area contributed by atoms with Crippen molar-refractivity contribution in [3.05, 3.63) is 35.4 Å². The van der Waals surface area contributed by atoms with Crippen LogP contribution in [0.1, 0.15) is 36.8 Å². The average molecular weight is 416 g/mol. The number of rotatable bonds is 8. The third kappa shape index (κ3) is 7.61. The van der Waals surface area contributed by atoms with E-state index in [2.05, 4.69) is 39.8 Å². The van der Waals surface area contributed by atoms with Crippen molar-refractivity contribution < 1.29 is 9.53 Å². The Bertz CT molecular complexity index is 677. The predicted octanol–water partition coefficient (Wildman–Crippen LogP) is 1.83. The molecule has 1 amide bonds. The van der Waals surface area contributed by atoms with Crippen LogP contribution in [-0.2, 0) is 22.6 Å². The Kier molecular flexibility index (Phi) is 8.96. The molecule has 2 saturated heterocycles. The molecule has 0 aromatic heterocycles. The van der Waals surface area contributed by atoms with Crippen molar-refractivity contribution in [2.75, 3.05) is 53.5 Å². The molecule has 1 aromatic carbocycles. The Morgan fingerprint density at radius 2 is 1.87 bits per heavy atom. The van der Waals surface area contributed by atoms with Crippen LogP contribution in [0.3, 0.4) is 0 Å². The normalized spacial score (nSPS) is 20.2. The van der Waals surface area contributed by atoms with E-state index in [1.54, 1.807) is 19.0 Å². The third-order valence-corrected chi connectivity index (χ3v) is 5.79. The molecule has 7 heteroatoms. The van der Waals surface area contributed by atoms with Crippen LogP contribution in [0.2, 0.25) is 0 Å². The standard InChI is InChI=1S/C23H37N5O2/c1-27(2)22(29)16-26-23(25-15-21-10-13-30-18-21)24-14-19-6-8-20(9-7-19)17-28-11-4-3-5-12-28/h6-9,21H,3-5,10-18H2,1-2H3,(H2,24,25,26). The van der Waals surface area contributed by atoms with Gasteiger partial charge in [-0.1, -0.05) is 30.7 Å². The van der Waals surface area contributed by atoms with E-state index in [1.165, 1.54) is 43.5 Å². The Hall–Kier alpha value is -2.12. The molecule has 3 rings (SSSR count). The van der Waals surface area contributed by atoms with E-state index in [9.17, 15) is 4.79 Å². The summed E-state index contributed by atoms with van der Waals surface area (Å²) in [6.07, 6.45) is 5.07. The first-order valence-electron chi connectivity index (χ1n) is 11.2. The number of nitrogens with one attached hydrogen (secondary N) is 2. The van der Waals surface area contributed by atoms with Gasteiger partial charge in [0.25, 0.3) is 0 Å². The molecule has 1 unspecified atom stereocenters. The number of hydrogen-bond donors (Lipinski definition) is 2. The molecular weight excluding hydrogens is 378 g/mol. The van der Waals surface area contributed by atoms with Gasteiger partial charge in [-0.05, 0) is 43.5 Å². The van der Waals surface area contributed by atoms with E-state index < -0.39 is 0 Å². The van der Waals surface area contributed by atoms with Crippen LogP contribution in [0, 0.1) is 5.92 Å². The summed E-state index contributed by atoms with van der Waals surface area (Å²) in [5, 5.41) is 6.53. The highest BCUT2D eigenvalue weighted by atomic mass is 16.5. The molecule has 166 valence electrons. The van der Waals surface area contributed by atoms with Gasteiger partial charge in [-0.25, -0.2) is 4.99 Å². The van der Waals surface area contributed by atoms with Gasteiger partial charge in [-0.3, -0.25) is 9.69 Å². The summed E-state index contributed by atoms with van der Waals surface area (Å²) < 4.78 is 5.45. The maximum absolute atomic E-state index is 11.9. The van der Waals surface area contributed by atoms with E-state index in [1.807, 2.05) is 0 Å². The number of aliphatic imine (C=N–C) groups is 1. The van der Waals surface area contributed by atoms with Gasteiger partial charge in [-0.15, -0.1) is 0 Å². The van der Waals surface area contributed by atoms with Gasteiger partial charge < -0.3 is 20.3 Å². The number of likely N-dealkylation sites (N-methyl/N-ethyl adjacent to an activating group) is 1. The summed E-state index contributed by atoms with van der Waals surface area (Å²) in [5.41, 5.74) is 2.53. The number of ether oxygens (including phenoxy) is 1. The summed E-state index contributed by atoms with van der Waals surface area (Å²) >= 11 is 0. The number of carbonyl (C=O) groups is 1. The Labute approximate surface area is 180 Å². The molecule has 0 saturated carbocycles. The molecule has 0 aliphatic carbocycles. The quantitative estimate of drug-likeness (QED) is 0.501. The molecule has 0 radical (unpaired) electrons. The summed E-state index contributed by atoms with van der Waals surface area (Å²) in [5.74, 6) is 1.20. The van der Waals surface area contributed by atoms with Crippen molar-refractivity contribution in [1.82, 2.24) is 20.4 Å². The highest BCUT2D eigenvalue weighted by molar-refractivity contribution is 5.86. The molecule has 2 aliphatic rings. The zero-order valence-electron chi connectivity index (χ0n) is 18.5. The lowest BCUT2D eigenvalue weighted by atomic mass is 10.1. The van der Waals surface area contributed by atoms with Crippen LogP contribution >= 0.6 is 0 Å². The highest BCUT2D eigenvalue weighted by Crippen LogP contribution is 2.14. The second-order valence-electron chi connectivity index (χ2n) is 8.57. The second-order valence-corrected chi connectivity index (χ2v) is 8.57. The van der Waals surface area contributed by atoms with Crippen molar-refractivity contribution in [3.63, 3.8) is 0 Å². The lowest BCUT2D eigenvalue weighted by Gasteiger charge is -2.26. The zero-order valence-corrected chi connectivity index (χ0v) is 18.5. The Morgan fingerprint density at radius 1 is 1.13 bits per heavy atom. The number of amides is 1. The molecule has 1 aromatic rings. The maximum atomic E-state index is 11.9. The topological polar surface area (TPSA) is 69.2 Å². The highest BCUT2D eigenvalue weighted by Gasteiger charge is 2.16. The minimum atomic E-state index is 0.0239. The molecule has 2 fully saturated rings. The van der Waals surface area contributed by atoms with E-state index >= 15 is 0 Å². The van der Waals surface area contributed by atoms with E-state index in [4.69, 9.17) is 9.73 Å². The van der Waals surface area contributed by atoms with Crippen molar-refractivity contribution in [2.45, 2.75) is 38.8 Å². The van der Waals surface area contributed by atoms with Crippen LogP contribution in [-0.4, -0.2) is 75.2 Å². The number of piperidine rings is 1. The van der Waals surface area contributed by atoms with Crippen molar-refractivity contribution >= 4 is 11.9 Å². The van der Waals surface area contributed by atoms with Crippen LogP contribution in [0.5, 0.6) is 0 Å². The smallest absolute Gasteiger partial charge is 0.241 e. The number of likely N-dealkylation sites (tertiary alicyclic amines) is 1. The minimum Gasteiger partial charge on any atom is -0.381 e. The fourth-order valence-electron chi connectivity index (χ4n) is 3.77. The number of benzene rings is 1. The minimum absolute atomic E-state index is 0.0239. The van der Waals surface area contributed by atoms with Crippen LogP contribution in [0.4, 0.5) is 0 Å². The fraction of sp³-hybridized carbons (Fsp3) is 0.652. The molecule has 2 heterocycles. The van der Waals surface area contributed by atoms with Gasteiger partial charge in [-0.2, -0.15) is 0 Å². The first kappa shape index (κ1) is 22.6. The molecule has 0 bridgehead atoms. The van der Waals surface area contributed by atoms with Crippen LogP contribution < -0.4 is 10.6 Å². The molecular formula is C23H37N5O2. The van der Waals surface area contributed by atoms with Gasteiger partial charge in [0.05, 0.1) is 19.7 Å². The molecule has 2 aliphatic heterocycles. The molecule has 30 heavy (non-hydrogen) atoms. The van der Waals surface area contributed by atoms with Gasteiger partial charge in [0, 0.05) is 39.7 Å². The largest absolute Gasteiger partial charge is 0.381 e. The lowest BCUT2D eigenvalue weighted by molar-refractivity contribution is -0.127. The Morgan fingerprint density at radius 3 is 2.53 bits per heavy atom. The molecule has 1 atom stereocenters. The van der Waals surface area contributed by atoms with E-state index in [0.29, 0.717) is 18.4 Å². The lowest BCUT2D eigenvalue weighted by Crippen LogP contribution is -2.44. The molecule has 2 N–H and O–H groups in total.